The summed E-state index contributed by atoms with van der Waals surface area (Å²) in [6.07, 6.45) is -0.190. The van der Waals surface area contributed by atoms with Gasteiger partial charge in [-0.15, -0.1) is 0 Å². The van der Waals surface area contributed by atoms with Crippen LogP contribution in [0.4, 0.5) is 0 Å². The first kappa shape index (κ1) is 15.5. The molecule has 0 N–H and O–H groups in total. The van der Waals surface area contributed by atoms with E-state index in [4.69, 9.17) is 4.74 Å². The van der Waals surface area contributed by atoms with Crippen LogP contribution >= 0.6 is 0 Å². The molecule has 1 saturated heterocycles. The molecule has 1 unspecified atom stereocenters. The van der Waals surface area contributed by atoms with Crippen molar-refractivity contribution in [2.45, 2.75) is 39.3 Å². The highest BCUT2D eigenvalue weighted by molar-refractivity contribution is 7.89. The molecule has 1 atom stereocenters. The molecule has 0 amide bonds. The summed E-state index contributed by atoms with van der Waals surface area (Å²) in [5.74, 6) is 0.122. The second-order valence-corrected chi connectivity index (χ2v) is 8.14. The minimum Gasteiger partial charge on any atom is -0.370 e. The van der Waals surface area contributed by atoms with Crippen molar-refractivity contribution in [1.82, 2.24) is 4.31 Å². The molecule has 0 spiro atoms. The quantitative estimate of drug-likeness (QED) is 0.861. The lowest BCUT2D eigenvalue weighted by molar-refractivity contribution is -0.0654. The number of hydrogen-bond acceptors (Lipinski definition) is 3. The highest BCUT2D eigenvalue weighted by atomic mass is 32.2. The molecule has 1 heterocycles. The van der Waals surface area contributed by atoms with Crippen LogP contribution in [-0.4, -0.2) is 37.2 Å². The second kappa shape index (κ2) is 5.47. The third-order valence-corrected chi connectivity index (χ3v) is 5.84. The molecule has 1 fully saturated rings. The summed E-state index contributed by atoms with van der Waals surface area (Å²) < 4.78 is 32.0. The van der Waals surface area contributed by atoms with Gasteiger partial charge in [-0.05, 0) is 33.3 Å². The number of rotatable bonds is 3. The van der Waals surface area contributed by atoms with Crippen LogP contribution < -0.4 is 0 Å². The molecular formula is C15H23NO3S. The molecule has 1 aromatic rings. The molecule has 1 aromatic carbocycles. The van der Waals surface area contributed by atoms with Crippen molar-refractivity contribution < 1.29 is 13.2 Å². The Morgan fingerprint density at radius 2 is 1.90 bits per heavy atom. The van der Waals surface area contributed by atoms with Crippen LogP contribution in [-0.2, 0) is 14.8 Å². The number of nitrogens with zero attached hydrogens (tertiary/aromatic N) is 1. The van der Waals surface area contributed by atoms with E-state index in [1.54, 1.807) is 11.2 Å². The van der Waals surface area contributed by atoms with Gasteiger partial charge in [0.25, 0.3) is 0 Å². The van der Waals surface area contributed by atoms with E-state index < -0.39 is 15.6 Å². The Morgan fingerprint density at radius 3 is 2.45 bits per heavy atom. The third kappa shape index (κ3) is 3.05. The topological polar surface area (TPSA) is 46.6 Å². The van der Waals surface area contributed by atoms with Gasteiger partial charge in [0, 0.05) is 6.54 Å². The average molecular weight is 297 g/mol. The van der Waals surface area contributed by atoms with Gasteiger partial charge >= 0.3 is 0 Å². The summed E-state index contributed by atoms with van der Waals surface area (Å²) in [7, 11) is -3.22. The lowest BCUT2D eigenvalue weighted by Gasteiger charge is -2.44. The summed E-state index contributed by atoms with van der Waals surface area (Å²) in [6.45, 7) is 8.32. The fourth-order valence-corrected chi connectivity index (χ4v) is 3.94. The zero-order valence-electron chi connectivity index (χ0n) is 12.6. The molecule has 0 aliphatic carbocycles. The fourth-order valence-electron chi connectivity index (χ4n) is 2.46. The average Bonchev–Trinajstić information content (AvgIpc) is 2.39. The van der Waals surface area contributed by atoms with E-state index in [1.165, 1.54) is 5.56 Å². The van der Waals surface area contributed by atoms with Crippen molar-refractivity contribution in [3.05, 3.63) is 35.4 Å². The van der Waals surface area contributed by atoms with Gasteiger partial charge in [0.15, 0.2) is 0 Å². The molecule has 0 saturated carbocycles. The van der Waals surface area contributed by atoms with Crippen LogP contribution in [0.15, 0.2) is 24.3 Å². The normalized spacial score (nSPS) is 23.7. The van der Waals surface area contributed by atoms with Crippen LogP contribution in [0.1, 0.15) is 38.0 Å². The summed E-state index contributed by atoms with van der Waals surface area (Å²) >= 11 is 0. The molecule has 20 heavy (non-hydrogen) atoms. The van der Waals surface area contributed by atoms with E-state index in [0.717, 1.165) is 5.56 Å². The minimum atomic E-state index is -3.22. The van der Waals surface area contributed by atoms with E-state index in [-0.39, 0.29) is 11.9 Å². The van der Waals surface area contributed by atoms with Crippen molar-refractivity contribution in [3.8, 4) is 0 Å². The van der Waals surface area contributed by atoms with Gasteiger partial charge in [0.1, 0.15) is 0 Å². The third-order valence-electron chi connectivity index (χ3n) is 3.79. The number of hydrogen-bond donors (Lipinski definition) is 0. The highest BCUT2D eigenvalue weighted by Gasteiger charge is 2.41. The first-order valence-corrected chi connectivity index (χ1v) is 8.56. The van der Waals surface area contributed by atoms with E-state index in [2.05, 4.69) is 0 Å². The van der Waals surface area contributed by atoms with Gasteiger partial charge < -0.3 is 4.74 Å². The standard InChI is InChI=1S/C15H23NO3S/c1-5-20(17,18)16-10-14(19-11-15(16,3)4)13-8-6-12(2)7-9-13/h6-9,14H,5,10-11H2,1-4H3. The van der Waals surface area contributed by atoms with Crippen LogP contribution in [0.25, 0.3) is 0 Å². The number of benzene rings is 1. The predicted molar refractivity (Wildman–Crippen MR) is 80.1 cm³/mol. The molecule has 0 radical (unpaired) electrons. The highest BCUT2D eigenvalue weighted by Crippen LogP contribution is 2.32. The van der Waals surface area contributed by atoms with Crippen molar-refractivity contribution in [2.24, 2.45) is 0 Å². The van der Waals surface area contributed by atoms with Crippen molar-refractivity contribution >= 4 is 10.0 Å². The number of ether oxygens (including phenoxy) is 1. The van der Waals surface area contributed by atoms with Gasteiger partial charge in [0.05, 0.1) is 24.0 Å². The number of aryl methyl sites for hydroxylation is 1. The number of morpholine rings is 1. The molecule has 0 aromatic heterocycles. The lowest BCUT2D eigenvalue weighted by atomic mass is 10.0. The zero-order chi connectivity index (χ0) is 15.0. The lowest BCUT2D eigenvalue weighted by Crippen LogP contribution is -2.56. The molecule has 1 aliphatic heterocycles. The Kier molecular flexibility index (Phi) is 4.23. The first-order chi connectivity index (χ1) is 9.26. The smallest absolute Gasteiger partial charge is 0.214 e. The Hall–Kier alpha value is -0.910. The molecule has 0 bridgehead atoms. The van der Waals surface area contributed by atoms with Crippen molar-refractivity contribution in [3.63, 3.8) is 0 Å². The Balaban J connectivity index is 2.27. The summed E-state index contributed by atoms with van der Waals surface area (Å²) in [6, 6.07) is 8.07. The summed E-state index contributed by atoms with van der Waals surface area (Å²) in [4.78, 5) is 0. The molecule has 2 rings (SSSR count). The SMILES string of the molecule is CCS(=O)(=O)N1CC(c2ccc(C)cc2)OCC1(C)C. The molecule has 1 aliphatic rings. The van der Waals surface area contributed by atoms with E-state index in [0.29, 0.717) is 13.2 Å². The van der Waals surface area contributed by atoms with Crippen LogP contribution in [0.3, 0.4) is 0 Å². The summed E-state index contributed by atoms with van der Waals surface area (Å²) in [5.41, 5.74) is 1.72. The number of sulfonamides is 1. The van der Waals surface area contributed by atoms with E-state index >= 15 is 0 Å². The minimum absolute atomic E-state index is 0.122. The Labute approximate surface area is 121 Å². The van der Waals surface area contributed by atoms with Crippen molar-refractivity contribution in [1.29, 1.82) is 0 Å². The first-order valence-electron chi connectivity index (χ1n) is 6.95. The van der Waals surface area contributed by atoms with E-state index in [9.17, 15) is 8.42 Å². The maximum atomic E-state index is 12.3. The van der Waals surface area contributed by atoms with Crippen LogP contribution in [0, 0.1) is 6.92 Å². The van der Waals surface area contributed by atoms with Gasteiger partial charge in [0.2, 0.25) is 10.0 Å². The van der Waals surface area contributed by atoms with Gasteiger partial charge in [-0.3, -0.25) is 0 Å². The van der Waals surface area contributed by atoms with E-state index in [1.807, 2.05) is 45.0 Å². The van der Waals surface area contributed by atoms with Gasteiger partial charge in [-0.1, -0.05) is 29.8 Å². The monoisotopic (exact) mass is 297 g/mol. The zero-order valence-corrected chi connectivity index (χ0v) is 13.4. The maximum Gasteiger partial charge on any atom is 0.214 e. The fraction of sp³-hybridized carbons (Fsp3) is 0.600. The molecular weight excluding hydrogens is 274 g/mol. The second-order valence-electron chi connectivity index (χ2n) is 5.95. The van der Waals surface area contributed by atoms with Crippen LogP contribution in [0.2, 0.25) is 0 Å². The van der Waals surface area contributed by atoms with Crippen LogP contribution in [0.5, 0.6) is 0 Å². The molecule has 112 valence electrons. The Morgan fingerprint density at radius 1 is 1.30 bits per heavy atom. The predicted octanol–water partition coefficient (Wildman–Crippen LogP) is 2.50. The summed E-state index contributed by atoms with van der Waals surface area (Å²) in [5, 5.41) is 0. The maximum absolute atomic E-state index is 12.3. The molecule has 4 nitrogen and oxygen atoms in total. The molecule has 5 heteroatoms. The van der Waals surface area contributed by atoms with Crippen molar-refractivity contribution in [2.75, 3.05) is 18.9 Å². The largest absolute Gasteiger partial charge is 0.370 e. The Bertz CT molecular complexity index is 563. The van der Waals surface area contributed by atoms with Gasteiger partial charge in [-0.25, -0.2) is 8.42 Å². The van der Waals surface area contributed by atoms with Gasteiger partial charge in [-0.2, -0.15) is 4.31 Å².